The summed E-state index contributed by atoms with van der Waals surface area (Å²) in [7, 11) is 0. The van der Waals surface area contributed by atoms with Gasteiger partial charge in [-0.25, -0.2) is 4.98 Å². The normalized spacial score (nSPS) is 13.4. The minimum Gasteiger partial charge on any atom is -0.346 e. The van der Waals surface area contributed by atoms with Gasteiger partial charge in [0.25, 0.3) is 0 Å². The van der Waals surface area contributed by atoms with E-state index in [0.29, 0.717) is 12.2 Å². The molecule has 0 saturated carbocycles. The van der Waals surface area contributed by atoms with E-state index in [1.54, 1.807) is 6.20 Å². The highest BCUT2D eigenvalue weighted by Crippen LogP contribution is 2.21. The van der Waals surface area contributed by atoms with Gasteiger partial charge in [0, 0.05) is 18.3 Å². The lowest BCUT2D eigenvalue weighted by Crippen LogP contribution is -2.29. The molecule has 0 fully saturated rings. The highest BCUT2D eigenvalue weighted by molar-refractivity contribution is 5.76. The third-order valence-corrected chi connectivity index (χ3v) is 2.43. The number of nitrogens with one attached hydrogen (secondary N) is 2. The Morgan fingerprint density at radius 1 is 1.56 bits per heavy atom. The highest BCUT2D eigenvalue weighted by Gasteiger charge is 2.28. The number of H-pyrrole nitrogens is 1. The number of hydrogen-bond acceptors (Lipinski definition) is 2. The molecule has 1 aromatic heterocycles. The first-order chi connectivity index (χ1) is 8.31. The standard InChI is InChI=1S/C11H16F3N3O/c1-3-8(10-15-6-7(2)16-10)17-9(18)4-5-11(12,13)14/h6,8H,3-5H2,1-2H3,(H,15,16)(H,17,18)/t8-/m1/s1. The van der Waals surface area contributed by atoms with Crippen molar-refractivity contribution in [2.24, 2.45) is 0 Å². The Morgan fingerprint density at radius 2 is 2.22 bits per heavy atom. The van der Waals surface area contributed by atoms with Crippen LogP contribution in [-0.2, 0) is 4.79 Å². The maximum absolute atomic E-state index is 12.0. The van der Waals surface area contributed by atoms with Crippen molar-refractivity contribution in [2.75, 3.05) is 0 Å². The van der Waals surface area contributed by atoms with Gasteiger partial charge in [0.05, 0.1) is 12.5 Å². The molecule has 0 unspecified atom stereocenters. The van der Waals surface area contributed by atoms with Gasteiger partial charge in [-0.05, 0) is 13.3 Å². The molecule has 2 N–H and O–H groups in total. The van der Waals surface area contributed by atoms with Crippen LogP contribution in [-0.4, -0.2) is 22.1 Å². The topological polar surface area (TPSA) is 57.8 Å². The quantitative estimate of drug-likeness (QED) is 0.858. The fourth-order valence-corrected chi connectivity index (χ4v) is 1.50. The van der Waals surface area contributed by atoms with E-state index in [0.717, 1.165) is 5.69 Å². The SMILES string of the molecule is CC[C@@H](NC(=O)CCC(F)(F)F)c1ncc(C)[nH]1. The molecule has 0 bridgehead atoms. The summed E-state index contributed by atoms with van der Waals surface area (Å²) in [4.78, 5) is 18.4. The first kappa shape index (κ1) is 14.5. The molecule has 1 heterocycles. The number of carbonyl (C=O) groups excluding carboxylic acids is 1. The van der Waals surface area contributed by atoms with Gasteiger partial charge < -0.3 is 10.3 Å². The third kappa shape index (κ3) is 4.77. The predicted molar refractivity (Wildman–Crippen MR) is 59.8 cm³/mol. The zero-order valence-corrected chi connectivity index (χ0v) is 10.3. The summed E-state index contributed by atoms with van der Waals surface area (Å²) in [6, 6.07) is -0.376. The molecular weight excluding hydrogens is 247 g/mol. The number of hydrogen-bond donors (Lipinski definition) is 2. The molecule has 4 nitrogen and oxygen atoms in total. The molecule has 1 rings (SSSR count). The van der Waals surface area contributed by atoms with Gasteiger partial charge >= 0.3 is 6.18 Å². The van der Waals surface area contributed by atoms with E-state index in [1.807, 2.05) is 13.8 Å². The van der Waals surface area contributed by atoms with Crippen molar-refractivity contribution in [3.8, 4) is 0 Å². The molecule has 0 aromatic carbocycles. The van der Waals surface area contributed by atoms with Crippen LogP contribution in [0.15, 0.2) is 6.20 Å². The van der Waals surface area contributed by atoms with Gasteiger partial charge in [0.15, 0.2) is 0 Å². The molecule has 1 atom stereocenters. The number of nitrogens with zero attached hydrogens (tertiary/aromatic N) is 1. The number of halogens is 3. The van der Waals surface area contributed by atoms with E-state index >= 15 is 0 Å². The molecule has 0 saturated heterocycles. The number of imidazole rings is 1. The van der Waals surface area contributed by atoms with Crippen LogP contribution >= 0.6 is 0 Å². The lowest BCUT2D eigenvalue weighted by molar-refractivity contribution is -0.144. The summed E-state index contributed by atoms with van der Waals surface area (Å²) in [5, 5.41) is 2.54. The minimum absolute atomic E-state index is 0.376. The Kier molecular flexibility index (Phi) is 4.75. The first-order valence-corrected chi connectivity index (χ1v) is 5.69. The summed E-state index contributed by atoms with van der Waals surface area (Å²) in [5.41, 5.74) is 0.841. The second-order valence-electron chi connectivity index (χ2n) is 4.09. The van der Waals surface area contributed by atoms with E-state index < -0.39 is 24.9 Å². The van der Waals surface area contributed by atoms with Gasteiger partial charge in [-0.2, -0.15) is 13.2 Å². The van der Waals surface area contributed by atoms with Crippen LogP contribution in [0.3, 0.4) is 0 Å². The molecule has 0 aliphatic carbocycles. The smallest absolute Gasteiger partial charge is 0.346 e. The van der Waals surface area contributed by atoms with Crippen LogP contribution in [0.4, 0.5) is 13.2 Å². The fourth-order valence-electron chi connectivity index (χ4n) is 1.50. The summed E-state index contributed by atoms with van der Waals surface area (Å²) >= 11 is 0. The molecule has 18 heavy (non-hydrogen) atoms. The number of alkyl halides is 3. The van der Waals surface area contributed by atoms with E-state index in [4.69, 9.17) is 0 Å². The monoisotopic (exact) mass is 263 g/mol. The second-order valence-corrected chi connectivity index (χ2v) is 4.09. The number of aromatic nitrogens is 2. The first-order valence-electron chi connectivity index (χ1n) is 5.69. The lowest BCUT2D eigenvalue weighted by Gasteiger charge is -2.15. The summed E-state index contributed by atoms with van der Waals surface area (Å²) in [6.07, 6.45) is -3.79. The van der Waals surface area contributed by atoms with Crippen molar-refractivity contribution in [3.05, 3.63) is 17.7 Å². The molecule has 1 amide bonds. The Bertz CT molecular complexity index is 400. The Balaban J connectivity index is 2.51. The number of carbonyl (C=O) groups is 1. The molecule has 0 aliphatic heterocycles. The number of aromatic amines is 1. The fraction of sp³-hybridized carbons (Fsp3) is 0.636. The van der Waals surface area contributed by atoms with Gasteiger partial charge in [-0.3, -0.25) is 4.79 Å². The molecule has 0 radical (unpaired) electrons. The van der Waals surface area contributed by atoms with Crippen LogP contribution in [0.25, 0.3) is 0 Å². The van der Waals surface area contributed by atoms with Crippen molar-refractivity contribution in [1.29, 1.82) is 0 Å². The Labute approximate surface area is 103 Å². The Hall–Kier alpha value is -1.53. The molecular formula is C11H16F3N3O. The lowest BCUT2D eigenvalue weighted by atomic mass is 10.2. The largest absolute Gasteiger partial charge is 0.389 e. The van der Waals surface area contributed by atoms with Crippen molar-refractivity contribution >= 4 is 5.91 Å². The van der Waals surface area contributed by atoms with Gasteiger partial charge in [0.1, 0.15) is 5.82 Å². The number of rotatable bonds is 5. The highest BCUT2D eigenvalue weighted by atomic mass is 19.4. The summed E-state index contributed by atoms with van der Waals surface area (Å²) in [6.45, 7) is 3.64. The van der Waals surface area contributed by atoms with Crippen molar-refractivity contribution in [1.82, 2.24) is 15.3 Å². The Morgan fingerprint density at radius 3 is 2.67 bits per heavy atom. The van der Waals surface area contributed by atoms with Crippen molar-refractivity contribution in [3.63, 3.8) is 0 Å². The average Bonchev–Trinajstić information content (AvgIpc) is 2.69. The van der Waals surface area contributed by atoms with E-state index in [-0.39, 0.29) is 6.04 Å². The van der Waals surface area contributed by atoms with Gasteiger partial charge in [0.2, 0.25) is 5.91 Å². The minimum atomic E-state index is -4.31. The van der Waals surface area contributed by atoms with Crippen LogP contribution in [0.5, 0.6) is 0 Å². The van der Waals surface area contributed by atoms with Gasteiger partial charge in [-0.15, -0.1) is 0 Å². The van der Waals surface area contributed by atoms with Crippen LogP contribution in [0, 0.1) is 6.92 Å². The second kappa shape index (κ2) is 5.88. The van der Waals surface area contributed by atoms with E-state index in [1.165, 1.54) is 0 Å². The zero-order chi connectivity index (χ0) is 13.8. The number of aryl methyl sites for hydroxylation is 1. The molecule has 0 aliphatic rings. The molecule has 0 spiro atoms. The summed E-state index contributed by atoms with van der Waals surface area (Å²) < 4.78 is 35.9. The van der Waals surface area contributed by atoms with E-state index in [2.05, 4.69) is 15.3 Å². The average molecular weight is 263 g/mol. The maximum atomic E-state index is 12.0. The molecule has 102 valence electrons. The maximum Gasteiger partial charge on any atom is 0.389 e. The zero-order valence-electron chi connectivity index (χ0n) is 10.3. The van der Waals surface area contributed by atoms with Crippen molar-refractivity contribution < 1.29 is 18.0 Å². The van der Waals surface area contributed by atoms with Gasteiger partial charge in [-0.1, -0.05) is 6.92 Å². The van der Waals surface area contributed by atoms with Crippen LogP contribution in [0.2, 0.25) is 0 Å². The van der Waals surface area contributed by atoms with Crippen LogP contribution in [0.1, 0.15) is 43.7 Å². The van der Waals surface area contributed by atoms with E-state index in [9.17, 15) is 18.0 Å². The van der Waals surface area contributed by atoms with Crippen LogP contribution < -0.4 is 5.32 Å². The third-order valence-electron chi connectivity index (χ3n) is 2.43. The molecule has 7 heteroatoms. The van der Waals surface area contributed by atoms with Crippen molar-refractivity contribution in [2.45, 2.75) is 45.3 Å². The number of amides is 1. The summed E-state index contributed by atoms with van der Waals surface area (Å²) in [5.74, 6) is -0.0522. The predicted octanol–water partition coefficient (Wildman–Crippen LogP) is 2.63. The molecule has 1 aromatic rings.